The van der Waals surface area contributed by atoms with Crippen molar-refractivity contribution in [2.24, 2.45) is 0 Å². The quantitative estimate of drug-likeness (QED) is 0.843. The molecular formula is C17H20N2O. The zero-order valence-corrected chi connectivity index (χ0v) is 12.0. The number of amides is 1. The second kappa shape index (κ2) is 6.85. The van der Waals surface area contributed by atoms with Gasteiger partial charge in [-0.15, -0.1) is 0 Å². The molecule has 1 heterocycles. The molecule has 0 aliphatic heterocycles. The second-order valence-corrected chi connectivity index (χ2v) is 4.78. The van der Waals surface area contributed by atoms with Crippen LogP contribution in [0.1, 0.15) is 32.3 Å². The van der Waals surface area contributed by atoms with E-state index < -0.39 is 0 Å². The van der Waals surface area contributed by atoms with Gasteiger partial charge in [0, 0.05) is 29.3 Å². The number of para-hydroxylation sites is 1. The molecule has 3 nitrogen and oxygen atoms in total. The molecule has 0 unspecified atom stereocenters. The average Bonchev–Trinajstić information content (AvgIpc) is 2.50. The van der Waals surface area contributed by atoms with Gasteiger partial charge in [0.1, 0.15) is 0 Å². The Kier molecular flexibility index (Phi) is 4.88. The zero-order chi connectivity index (χ0) is 14.4. The maximum Gasteiger partial charge on any atom is 0.244 e. The molecule has 0 fully saturated rings. The van der Waals surface area contributed by atoms with Crippen LogP contribution in [0.25, 0.3) is 17.0 Å². The molecule has 2 aromatic rings. The predicted octanol–water partition coefficient (Wildman–Crippen LogP) is 3.55. The first-order valence-corrected chi connectivity index (χ1v) is 7.07. The lowest BCUT2D eigenvalue weighted by Gasteiger charge is -2.12. The number of hydrogen-bond donors (Lipinski definition) is 1. The largest absolute Gasteiger partial charge is 0.350 e. The number of fused-ring (bicyclic) bond motifs is 1. The summed E-state index contributed by atoms with van der Waals surface area (Å²) < 4.78 is 0. The van der Waals surface area contributed by atoms with E-state index in [1.807, 2.05) is 36.4 Å². The van der Waals surface area contributed by atoms with Crippen molar-refractivity contribution in [1.29, 1.82) is 0 Å². The molecule has 1 N–H and O–H groups in total. The van der Waals surface area contributed by atoms with E-state index in [-0.39, 0.29) is 11.9 Å². The molecule has 1 amide bonds. The monoisotopic (exact) mass is 268 g/mol. The first-order chi connectivity index (χ1) is 9.74. The molecule has 0 aliphatic carbocycles. The van der Waals surface area contributed by atoms with E-state index in [4.69, 9.17) is 0 Å². The van der Waals surface area contributed by atoms with E-state index >= 15 is 0 Å². The highest BCUT2D eigenvalue weighted by Gasteiger charge is 2.05. The van der Waals surface area contributed by atoms with Crippen LogP contribution >= 0.6 is 0 Å². The number of benzene rings is 1. The summed E-state index contributed by atoms with van der Waals surface area (Å²) in [5, 5.41) is 4.07. The smallest absolute Gasteiger partial charge is 0.244 e. The van der Waals surface area contributed by atoms with Gasteiger partial charge in [0.25, 0.3) is 0 Å². The minimum atomic E-state index is -0.0494. The van der Waals surface area contributed by atoms with Gasteiger partial charge in [-0.2, -0.15) is 0 Å². The highest BCUT2D eigenvalue weighted by atomic mass is 16.1. The summed E-state index contributed by atoms with van der Waals surface area (Å²) >= 11 is 0. The van der Waals surface area contributed by atoms with Crippen molar-refractivity contribution in [2.75, 3.05) is 0 Å². The molecule has 1 aromatic heterocycles. The summed E-state index contributed by atoms with van der Waals surface area (Å²) in [6, 6.07) is 10.1. The third kappa shape index (κ3) is 3.44. The molecule has 0 radical (unpaired) electrons. The lowest BCUT2D eigenvalue weighted by molar-refractivity contribution is -0.117. The number of aromatic nitrogens is 1. The second-order valence-electron chi connectivity index (χ2n) is 4.78. The van der Waals surface area contributed by atoms with Gasteiger partial charge in [-0.3, -0.25) is 9.78 Å². The van der Waals surface area contributed by atoms with Crippen LogP contribution in [0.15, 0.2) is 42.6 Å². The van der Waals surface area contributed by atoms with E-state index in [1.165, 1.54) is 0 Å². The molecule has 0 bridgehead atoms. The third-order valence-electron chi connectivity index (χ3n) is 3.41. The molecule has 3 heteroatoms. The maximum atomic E-state index is 11.9. The Hall–Kier alpha value is -2.16. The number of nitrogens with one attached hydrogen (secondary N) is 1. The summed E-state index contributed by atoms with van der Waals surface area (Å²) in [6.45, 7) is 4.15. The van der Waals surface area contributed by atoms with Crippen molar-refractivity contribution in [2.45, 2.75) is 32.7 Å². The van der Waals surface area contributed by atoms with Crippen LogP contribution in [0.2, 0.25) is 0 Å². The molecule has 1 aromatic carbocycles. The number of nitrogens with zero attached hydrogens (tertiary/aromatic N) is 1. The zero-order valence-electron chi connectivity index (χ0n) is 12.0. The van der Waals surface area contributed by atoms with Crippen LogP contribution < -0.4 is 5.32 Å². The molecule has 0 spiro atoms. The highest BCUT2D eigenvalue weighted by molar-refractivity contribution is 5.95. The van der Waals surface area contributed by atoms with Crippen LogP contribution in [0.4, 0.5) is 0 Å². The summed E-state index contributed by atoms with van der Waals surface area (Å²) in [7, 11) is 0. The fourth-order valence-corrected chi connectivity index (χ4v) is 2.17. The molecule has 0 atom stereocenters. The maximum absolute atomic E-state index is 11.9. The first-order valence-electron chi connectivity index (χ1n) is 7.07. The van der Waals surface area contributed by atoms with Gasteiger partial charge in [0.05, 0.1) is 5.52 Å². The highest BCUT2D eigenvalue weighted by Crippen LogP contribution is 2.16. The Labute approximate surface area is 119 Å². The minimum absolute atomic E-state index is 0.0494. The summed E-state index contributed by atoms with van der Waals surface area (Å²) in [6.07, 6.45) is 7.08. The van der Waals surface area contributed by atoms with Gasteiger partial charge in [0.15, 0.2) is 0 Å². The fourth-order valence-electron chi connectivity index (χ4n) is 2.17. The number of carbonyl (C=O) groups excluding carboxylic acids is 1. The molecule has 0 aliphatic rings. The summed E-state index contributed by atoms with van der Waals surface area (Å²) in [5.74, 6) is -0.0494. The van der Waals surface area contributed by atoms with Crippen molar-refractivity contribution in [3.05, 3.63) is 48.2 Å². The van der Waals surface area contributed by atoms with Gasteiger partial charge >= 0.3 is 0 Å². The van der Waals surface area contributed by atoms with Crippen LogP contribution in [0.5, 0.6) is 0 Å². The van der Waals surface area contributed by atoms with E-state index in [9.17, 15) is 4.79 Å². The molecular weight excluding hydrogens is 248 g/mol. The Morgan fingerprint density at radius 1 is 1.25 bits per heavy atom. The first kappa shape index (κ1) is 14.3. The van der Waals surface area contributed by atoms with E-state index in [1.54, 1.807) is 12.3 Å². The third-order valence-corrected chi connectivity index (χ3v) is 3.41. The van der Waals surface area contributed by atoms with Crippen molar-refractivity contribution in [3.8, 4) is 0 Å². The topological polar surface area (TPSA) is 42.0 Å². The Morgan fingerprint density at radius 2 is 2.00 bits per heavy atom. The molecule has 104 valence electrons. The lowest BCUT2D eigenvalue weighted by atomic mass is 10.1. The average molecular weight is 268 g/mol. The molecule has 0 saturated carbocycles. The van der Waals surface area contributed by atoms with Crippen molar-refractivity contribution >= 4 is 22.9 Å². The molecule has 0 saturated heterocycles. The van der Waals surface area contributed by atoms with Gasteiger partial charge < -0.3 is 5.32 Å². The van der Waals surface area contributed by atoms with E-state index in [0.717, 1.165) is 29.3 Å². The van der Waals surface area contributed by atoms with Gasteiger partial charge in [-0.25, -0.2) is 0 Å². The van der Waals surface area contributed by atoms with E-state index in [2.05, 4.69) is 24.1 Å². The SMILES string of the molecule is CCC(CC)NC(=O)/C=C/c1cccc2cccnc12. The molecule has 20 heavy (non-hydrogen) atoms. The predicted molar refractivity (Wildman–Crippen MR) is 83.3 cm³/mol. The van der Waals surface area contributed by atoms with Crippen LogP contribution in [-0.4, -0.2) is 16.9 Å². The number of pyridine rings is 1. The van der Waals surface area contributed by atoms with Gasteiger partial charge in [-0.05, 0) is 25.0 Å². The summed E-state index contributed by atoms with van der Waals surface area (Å²) in [5.41, 5.74) is 1.88. The van der Waals surface area contributed by atoms with E-state index in [0.29, 0.717) is 0 Å². The number of carbonyl (C=O) groups is 1. The van der Waals surface area contributed by atoms with Crippen LogP contribution in [-0.2, 0) is 4.79 Å². The molecule has 2 rings (SSSR count). The number of hydrogen-bond acceptors (Lipinski definition) is 2. The normalized spacial score (nSPS) is 11.3. The standard InChI is InChI=1S/C17H20N2O/c1-3-15(4-2)19-16(20)11-10-14-8-5-7-13-9-6-12-18-17(13)14/h5-12,15H,3-4H2,1-2H3,(H,19,20)/b11-10+. The van der Waals surface area contributed by atoms with Gasteiger partial charge in [-0.1, -0.05) is 38.1 Å². The van der Waals surface area contributed by atoms with Crippen LogP contribution in [0, 0.1) is 0 Å². The van der Waals surface area contributed by atoms with Crippen molar-refractivity contribution in [3.63, 3.8) is 0 Å². The van der Waals surface area contributed by atoms with Crippen molar-refractivity contribution in [1.82, 2.24) is 10.3 Å². The Balaban J connectivity index is 2.15. The Bertz CT molecular complexity index is 610. The van der Waals surface area contributed by atoms with Crippen LogP contribution in [0.3, 0.4) is 0 Å². The van der Waals surface area contributed by atoms with Gasteiger partial charge in [0.2, 0.25) is 5.91 Å². The fraction of sp³-hybridized carbons (Fsp3) is 0.294. The Morgan fingerprint density at radius 3 is 2.75 bits per heavy atom. The number of rotatable bonds is 5. The lowest BCUT2D eigenvalue weighted by Crippen LogP contribution is -2.32. The summed E-state index contributed by atoms with van der Waals surface area (Å²) in [4.78, 5) is 16.2. The van der Waals surface area contributed by atoms with Crippen molar-refractivity contribution < 1.29 is 4.79 Å². The minimum Gasteiger partial charge on any atom is -0.350 e.